The third kappa shape index (κ3) is 3.33. The highest BCUT2D eigenvalue weighted by Crippen LogP contribution is 2.06. The van der Waals surface area contributed by atoms with Crippen molar-refractivity contribution in [3.05, 3.63) is 0 Å². The molecule has 0 saturated carbocycles. The van der Waals surface area contributed by atoms with Crippen LogP contribution in [0.1, 0.15) is 26.7 Å². The molecule has 0 aromatic carbocycles. The van der Waals surface area contributed by atoms with Crippen molar-refractivity contribution in [1.82, 2.24) is 10.2 Å². The lowest BCUT2D eigenvalue weighted by molar-refractivity contribution is 0.218. The van der Waals surface area contributed by atoms with Gasteiger partial charge in [-0.15, -0.1) is 0 Å². The van der Waals surface area contributed by atoms with E-state index in [1.54, 1.807) is 0 Å². The van der Waals surface area contributed by atoms with Crippen LogP contribution in [0.2, 0.25) is 0 Å². The van der Waals surface area contributed by atoms with E-state index in [2.05, 4.69) is 30.1 Å². The Morgan fingerprint density at radius 2 is 2.38 bits per heavy atom. The molecule has 1 N–H and O–H groups in total. The minimum atomic E-state index is 0.370. The zero-order valence-corrected chi connectivity index (χ0v) is 8.58. The molecule has 0 aromatic rings. The maximum atomic E-state index is 8.63. The van der Waals surface area contributed by atoms with Crippen LogP contribution < -0.4 is 5.32 Å². The first-order chi connectivity index (χ1) is 6.24. The molecule has 0 aromatic heterocycles. The van der Waals surface area contributed by atoms with Gasteiger partial charge in [-0.25, -0.2) is 0 Å². The van der Waals surface area contributed by atoms with Gasteiger partial charge >= 0.3 is 0 Å². The largest absolute Gasteiger partial charge is 0.312 e. The number of hydrogen-bond acceptors (Lipinski definition) is 3. The van der Waals surface area contributed by atoms with Gasteiger partial charge in [0.25, 0.3) is 0 Å². The standard InChI is InChI=1S/C10H19N3/c1-9(2)13-7-3-6-12-10(8-13)4-5-11/h9-10,12H,3-4,6-8H2,1-2H3. The lowest BCUT2D eigenvalue weighted by Crippen LogP contribution is -2.40. The third-order valence-corrected chi connectivity index (χ3v) is 2.58. The van der Waals surface area contributed by atoms with Crippen molar-refractivity contribution < 1.29 is 0 Å². The van der Waals surface area contributed by atoms with Crippen LogP contribution in [0.15, 0.2) is 0 Å². The van der Waals surface area contributed by atoms with Crippen LogP contribution in [0.5, 0.6) is 0 Å². The van der Waals surface area contributed by atoms with Gasteiger partial charge in [-0.2, -0.15) is 5.26 Å². The van der Waals surface area contributed by atoms with Crippen LogP contribution in [0.3, 0.4) is 0 Å². The molecule has 1 aliphatic rings. The van der Waals surface area contributed by atoms with Crippen molar-refractivity contribution in [2.24, 2.45) is 0 Å². The molecule has 0 spiro atoms. The molecule has 1 heterocycles. The maximum absolute atomic E-state index is 8.63. The van der Waals surface area contributed by atoms with Crippen LogP contribution in [0.4, 0.5) is 0 Å². The summed E-state index contributed by atoms with van der Waals surface area (Å²) in [4.78, 5) is 2.45. The molecule has 1 unspecified atom stereocenters. The highest BCUT2D eigenvalue weighted by Gasteiger charge is 2.18. The molecule has 1 aliphatic heterocycles. The molecule has 3 nitrogen and oxygen atoms in total. The molecule has 0 aliphatic carbocycles. The highest BCUT2D eigenvalue weighted by molar-refractivity contribution is 4.85. The summed E-state index contributed by atoms with van der Waals surface area (Å²) in [6.07, 6.45) is 1.82. The van der Waals surface area contributed by atoms with Crippen LogP contribution >= 0.6 is 0 Å². The van der Waals surface area contributed by atoms with Crippen molar-refractivity contribution in [3.63, 3.8) is 0 Å². The monoisotopic (exact) mass is 181 g/mol. The van der Waals surface area contributed by atoms with Crippen molar-refractivity contribution in [1.29, 1.82) is 5.26 Å². The predicted molar refractivity (Wildman–Crippen MR) is 53.3 cm³/mol. The van der Waals surface area contributed by atoms with E-state index < -0.39 is 0 Å². The molecule has 0 radical (unpaired) electrons. The van der Waals surface area contributed by atoms with Crippen LogP contribution in [-0.4, -0.2) is 36.6 Å². The number of nitrogens with zero attached hydrogens (tertiary/aromatic N) is 2. The van der Waals surface area contributed by atoms with E-state index in [0.29, 0.717) is 18.5 Å². The van der Waals surface area contributed by atoms with E-state index in [4.69, 9.17) is 5.26 Å². The van der Waals surface area contributed by atoms with E-state index in [1.165, 1.54) is 6.42 Å². The molecule has 13 heavy (non-hydrogen) atoms. The molecule has 1 fully saturated rings. The van der Waals surface area contributed by atoms with E-state index >= 15 is 0 Å². The molecule has 1 atom stereocenters. The van der Waals surface area contributed by atoms with Gasteiger partial charge in [-0.3, -0.25) is 4.90 Å². The Bertz CT molecular complexity index is 183. The lowest BCUT2D eigenvalue weighted by Gasteiger charge is -2.26. The first kappa shape index (κ1) is 10.5. The zero-order valence-electron chi connectivity index (χ0n) is 8.58. The molecule has 1 rings (SSSR count). The fraction of sp³-hybridized carbons (Fsp3) is 0.900. The van der Waals surface area contributed by atoms with Crippen molar-refractivity contribution in [3.8, 4) is 6.07 Å². The summed E-state index contributed by atoms with van der Waals surface area (Å²) >= 11 is 0. The van der Waals surface area contributed by atoms with E-state index in [-0.39, 0.29) is 0 Å². The van der Waals surface area contributed by atoms with Crippen molar-refractivity contribution in [2.75, 3.05) is 19.6 Å². The summed E-state index contributed by atoms with van der Waals surface area (Å²) in [7, 11) is 0. The van der Waals surface area contributed by atoms with Gasteiger partial charge in [0, 0.05) is 18.6 Å². The topological polar surface area (TPSA) is 39.1 Å². The van der Waals surface area contributed by atoms with Gasteiger partial charge in [-0.1, -0.05) is 0 Å². The molecular formula is C10H19N3. The second-order valence-electron chi connectivity index (χ2n) is 3.96. The van der Waals surface area contributed by atoms with Gasteiger partial charge in [0.2, 0.25) is 0 Å². The average Bonchev–Trinajstić information content (AvgIpc) is 2.30. The Hall–Kier alpha value is -0.590. The molecule has 0 amide bonds. The summed E-state index contributed by atoms with van der Waals surface area (Å²) in [6, 6.07) is 3.20. The van der Waals surface area contributed by atoms with Crippen LogP contribution in [0, 0.1) is 11.3 Å². The molecule has 1 saturated heterocycles. The first-order valence-corrected chi connectivity index (χ1v) is 5.08. The minimum Gasteiger partial charge on any atom is -0.312 e. The normalized spacial score (nSPS) is 25.5. The molecule has 3 heteroatoms. The van der Waals surface area contributed by atoms with E-state index in [0.717, 1.165) is 19.6 Å². The summed E-state index contributed by atoms with van der Waals surface area (Å²) in [6.45, 7) is 7.66. The quantitative estimate of drug-likeness (QED) is 0.690. The Morgan fingerprint density at radius 1 is 1.62 bits per heavy atom. The van der Waals surface area contributed by atoms with Gasteiger partial charge in [0.1, 0.15) is 0 Å². The van der Waals surface area contributed by atoms with Crippen LogP contribution in [0.25, 0.3) is 0 Å². The minimum absolute atomic E-state index is 0.370. The van der Waals surface area contributed by atoms with Crippen molar-refractivity contribution in [2.45, 2.75) is 38.8 Å². The van der Waals surface area contributed by atoms with Gasteiger partial charge in [0.15, 0.2) is 0 Å². The number of rotatable bonds is 2. The number of hydrogen-bond donors (Lipinski definition) is 1. The fourth-order valence-electron chi connectivity index (χ4n) is 1.74. The summed E-state index contributed by atoms with van der Waals surface area (Å²) in [5.41, 5.74) is 0. The number of nitrogens with one attached hydrogen (secondary N) is 1. The first-order valence-electron chi connectivity index (χ1n) is 5.08. The Labute approximate surface area is 80.7 Å². The van der Waals surface area contributed by atoms with Crippen molar-refractivity contribution >= 4 is 0 Å². The SMILES string of the molecule is CC(C)N1CCCNC(CC#N)C1. The Kier molecular flexibility index (Phi) is 4.20. The number of nitriles is 1. The second kappa shape index (κ2) is 5.21. The maximum Gasteiger partial charge on any atom is 0.0638 e. The van der Waals surface area contributed by atoms with Gasteiger partial charge in [0.05, 0.1) is 12.5 Å². The van der Waals surface area contributed by atoms with Gasteiger partial charge in [-0.05, 0) is 33.4 Å². The predicted octanol–water partition coefficient (Wildman–Crippen LogP) is 0.972. The Balaban J connectivity index is 2.45. The Morgan fingerprint density at radius 3 is 3.00 bits per heavy atom. The van der Waals surface area contributed by atoms with E-state index in [9.17, 15) is 0 Å². The zero-order chi connectivity index (χ0) is 9.68. The average molecular weight is 181 g/mol. The van der Waals surface area contributed by atoms with Crippen LogP contribution in [-0.2, 0) is 0 Å². The van der Waals surface area contributed by atoms with E-state index in [1.807, 2.05) is 0 Å². The summed E-state index contributed by atoms with van der Waals surface area (Å²) in [5, 5.41) is 12.0. The molecule has 0 bridgehead atoms. The molecular weight excluding hydrogens is 162 g/mol. The fourth-order valence-corrected chi connectivity index (χ4v) is 1.74. The smallest absolute Gasteiger partial charge is 0.0638 e. The highest BCUT2D eigenvalue weighted by atomic mass is 15.2. The summed E-state index contributed by atoms with van der Waals surface area (Å²) in [5.74, 6) is 0. The third-order valence-electron chi connectivity index (χ3n) is 2.58. The summed E-state index contributed by atoms with van der Waals surface area (Å²) < 4.78 is 0. The van der Waals surface area contributed by atoms with Gasteiger partial charge < -0.3 is 5.32 Å². The second-order valence-corrected chi connectivity index (χ2v) is 3.96. The molecule has 74 valence electrons. The lowest BCUT2D eigenvalue weighted by atomic mass is 10.2.